The van der Waals surface area contributed by atoms with Crippen molar-refractivity contribution in [2.45, 2.75) is 13.0 Å². The average Bonchev–Trinajstić information content (AvgIpc) is 2.26. The molecule has 0 saturated carbocycles. The quantitative estimate of drug-likeness (QED) is 0.762. The first kappa shape index (κ1) is 11.0. The number of aliphatic hydroxyl groups is 2. The van der Waals surface area contributed by atoms with Crippen molar-refractivity contribution >= 4 is 6.08 Å². The fourth-order valence-electron chi connectivity index (χ4n) is 1.07. The van der Waals surface area contributed by atoms with Crippen LogP contribution in [0.1, 0.15) is 12.5 Å². The Morgan fingerprint density at radius 1 is 1.29 bits per heavy atom. The summed E-state index contributed by atoms with van der Waals surface area (Å²) >= 11 is 0. The Balaban J connectivity index is 2.56. The normalized spacial score (nSPS) is 15.6. The lowest BCUT2D eigenvalue weighted by Crippen LogP contribution is -2.17. The molecular formula is C12H16O2. The highest BCUT2D eigenvalue weighted by molar-refractivity contribution is 5.49. The number of benzene rings is 1. The van der Waals surface area contributed by atoms with Crippen molar-refractivity contribution in [2.24, 2.45) is 5.92 Å². The average molecular weight is 192 g/mol. The van der Waals surface area contributed by atoms with Crippen molar-refractivity contribution in [3.63, 3.8) is 0 Å². The fourth-order valence-corrected chi connectivity index (χ4v) is 1.07. The molecule has 1 aromatic carbocycles. The van der Waals surface area contributed by atoms with E-state index in [0.29, 0.717) is 0 Å². The first-order valence-electron chi connectivity index (χ1n) is 4.76. The molecule has 14 heavy (non-hydrogen) atoms. The summed E-state index contributed by atoms with van der Waals surface area (Å²) in [4.78, 5) is 0. The van der Waals surface area contributed by atoms with Crippen molar-refractivity contribution < 1.29 is 10.2 Å². The van der Waals surface area contributed by atoms with Crippen LogP contribution in [-0.2, 0) is 0 Å². The number of aliphatic hydroxyl groups excluding tert-OH is 2. The SMILES string of the molecule is C[C@@H](CO)[C@@H](O)C=Cc1ccccc1. The van der Waals surface area contributed by atoms with Gasteiger partial charge in [0, 0.05) is 12.5 Å². The van der Waals surface area contributed by atoms with Crippen molar-refractivity contribution in [3.8, 4) is 0 Å². The van der Waals surface area contributed by atoms with Gasteiger partial charge >= 0.3 is 0 Å². The van der Waals surface area contributed by atoms with Crippen LogP contribution in [0.4, 0.5) is 0 Å². The summed E-state index contributed by atoms with van der Waals surface area (Å²) in [5.41, 5.74) is 1.05. The molecule has 0 bridgehead atoms. The molecule has 0 unspecified atom stereocenters. The molecule has 2 N–H and O–H groups in total. The highest BCUT2D eigenvalue weighted by Gasteiger charge is 2.08. The lowest BCUT2D eigenvalue weighted by molar-refractivity contribution is 0.112. The second-order valence-corrected chi connectivity index (χ2v) is 3.42. The van der Waals surface area contributed by atoms with E-state index >= 15 is 0 Å². The van der Waals surface area contributed by atoms with Gasteiger partial charge in [-0.15, -0.1) is 0 Å². The van der Waals surface area contributed by atoms with Crippen molar-refractivity contribution in [3.05, 3.63) is 42.0 Å². The second kappa shape index (κ2) is 5.58. The van der Waals surface area contributed by atoms with E-state index in [9.17, 15) is 5.11 Å². The van der Waals surface area contributed by atoms with E-state index in [2.05, 4.69) is 0 Å². The third kappa shape index (κ3) is 3.32. The minimum absolute atomic E-state index is 0.000294. The topological polar surface area (TPSA) is 40.5 Å². The van der Waals surface area contributed by atoms with Gasteiger partial charge in [-0.05, 0) is 5.56 Å². The van der Waals surface area contributed by atoms with E-state index in [4.69, 9.17) is 5.11 Å². The summed E-state index contributed by atoms with van der Waals surface area (Å²) in [5.74, 6) is -0.116. The van der Waals surface area contributed by atoms with Crippen LogP contribution in [0.2, 0.25) is 0 Å². The minimum Gasteiger partial charge on any atom is -0.396 e. The Bertz CT molecular complexity index is 280. The van der Waals surface area contributed by atoms with Gasteiger partial charge in [0.1, 0.15) is 0 Å². The van der Waals surface area contributed by atoms with Crippen LogP contribution in [0, 0.1) is 5.92 Å². The van der Waals surface area contributed by atoms with Crippen LogP contribution in [0.5, 0.6) is 0 Å². The van der Waals surface area contributed by atoms with Crippen LogP contribution in [0.25, 0.3) is 6.08 Å². The summed E-state index contributed by atoms with van der Waals surface area (Å²) in [7, 11) is 0. The van der Waals surface area contributed by atoms with Gasteiger partial charge in [0.15, 0.2) is 0 Å². The first-order valence-corrected chi connectivity index (χ1v) is 4.76. The van der Waals surface area contributed by atoms with Gasteiger partial charge < -0.3 is 10.2 Å². The van der Waals surface area contributed by atoms with E-state index in [1.807, 2.05) is 36.4 Å². The molecule has 0 aliphatic carbocycles. The Morgan fingerprint density at radius 2 is 1.93 bits per heavy atom. The predicted octanol–water partition coefficient (Wildman–Crippen LogP) is 1.69. The maximum absolute atomic E-state index is 9.53. The van der Waals surface area contributed by atoms with E-state index in [-0.39, 0.29) is 12.5 Å². The molecule has 1 rings (SSSR count). The third-order valence-electron chi connectivity index (χ3n) is 2.16. The molecule has 0 fully saturated rings. The molecule has 0 heterocycles. The smallest absolute Gasteiger partial charge is 0.0771 e. The van der Waals surface area contributed by atoms with Gasteiger partial charge in [-0.25, -0.2) is 0 Å². The van der Waals surface area contributed by atoms with E-state index in [0.717, 1.165) is 5.56 Å². The van der Waals surface area contributed by atoms with Gasteiger partial charge in [-0.3, -0.25) is 0 Å². The van der Waals surface area contributed by atoms with Crippen LogP contribution in [0.3, 0.4) is 0 Å². The van der Waals surface area contributed by atoms with E-state index < -0.39 is 6.10 Å². The zero-order chi connectivity index (χ0) is 10.4. The zero-order valence-electron chi connectivity index (χ0n) is 8.30. The molecule has 0 saturated heterocycles. The maximum atomic E-state index is 9.53. The molecule has 0 aromatic heterocycles. The largest absolute Gasteiger partial charge is 0.396 e. The van der Waals surface area contributed by atoms with Crippen molar-refractivity contribution in [1.82, 2.24) is 0 Å². The molecule has 2 heteroatoms. The highest BCUT2D eigenvalue weighted by atomic mass is 16.3. The maximum Gasteiger partial charge on any atom is 0.0771 e. The van der Waals surface area contributed by atoms with Crippen molar-refractivity contribution in [1.29, 1.82) is 0 Å². The lowest BCUT2D eigenvalue weighted by atomic mass is 10.0. The predicted molar refractivity (Wildman–Crippen MR) is 57.7 cm³/mol. The lowest BCUT2D eigenvalue weighted by Gasteiger charge is -2.11. The van der Waals surface area contributed by atoms with Gasteiger partial charge in [0.25, 0.3) is 0 Å². The number of hydrogen-bond donors (Lipinski definition) is 2. The van der Waals surface area contributed by atoms with Crippen LogP contribution < -0.4 is 0 Å². The van der Waals surface area contributed by atoms with Gasteiger partial charge in [0.2, 0.25) is 0 Å². The molecular weight excluding hydrogens is 176 g/mol. The molecule has 76 valence electrons. The first-order chi connectivity index (χ1) is 6.74. The molecule has 0 spiro atoms. The minimum atomic E-state index is -0.583. The summed E-state index contributed by atoms with van der Waals surface area (Å²) in [6.07, 6.45) is 2.98. The summed E-state index contributed by atoms with van der Waals surface area (Å²) in [6, 6.07) is 9.77. The molecule has 1 aromatic rings. The second-order valence-electron chi connectivity index (χ2n) is 3.42. The molecule has 2 nitrogen and oxygen atoms in total. The standard InChI is InChI=1S/C12H16O2/c1-10(9-13)12(14)8-7-11-5-3-2-4-6-11/h2-8,10,12-14H,9H2,1H3/t10-,12-/m0/s1. The Morgan fingerprint density at radius 3 is 2.50 bits per heavy atom. The summed E-state index contributed by atoms with van der Waals surface area (Å²) < 4.78 is 0. The number of hydrogen-bond acceptors (Lipinski definition) is 2. The Labute approximate surface area is 84.5 Å². The molecule has 0 amide bonds. The highest BCUT2D eigenvalue weighted by Crippen LogP contribution is 2.07. The molecule has 2 atom stereocenters. The Kier molecular flexibility index (Phi) is 4.36. The molecule has 0 aliphatic rings. The van der Waals surface area contributed by atoms with Gasteiger partial charge in [0.05, 0.1) is 6.10 Å². The van der Waals surface area contributed by atoms with Crippen molar-refractivity contribution in [2.75, 3.05) is 6.61 Å². The monoisotopic (exact) mass is 192 g/mol. The number of rotatable bonds is 4. The molecule has 0 aliphatic heterocycles. The zero-order valence-corrected chi connectivity index (χ0v) is 8.30. The van der Waals surface area contributed by atoms with Gasteiger partial charge in [-0.1, -0.05) is 49.4 Å². The Hall–Kier alpha value is -1.12. The summed E-state index contributed by atoms with van der Waals surface area (Å²) in [5, 5.41) is 18.3. The van der Waals surface area contributed by atoms with E-state index in [1.165, 1.54) is 0 Å². The van der Waals surface area contributed by atoms with Crippen LogP contribution in [0.15, 0.2) is 36.4 Å². The van der Waals surface area contributed by atoms with Crippen LogP contribution in [-0.4, -0.2) is 22.9 Å². The summed E-state index contributed by atoms with van der Waals surface area (Å²) in [6.45, 7) is 1.81. The molecule has 0 radical (unpaired) electrons. The van der Waals surface area contributed by atoms with E-state index in [1.54, 1.807) is 13.0 Å². The van der Waals surface area contributed by atoms with Crippen LogP contribution >= 0.6 is 0 Å². The van der Waals surface area contributed by atoms with Gasteiger partial charge in [-0.2, -0.15) is 0 Å². The fraction of sp³-hybridized carbons (Fsp3) is 0.333. The third-order valence-corrected chi connectivity index (χ3v) is 2.16.